The van der Waals surface area contributed by atoms with Crippen molar-refractivity contribution < 1.29 is 13.6 Å². The molecule has 152 valence electrons. The molecule has 1 amide bonds. The number of aromatic nitrogens is 4. The summed E-state index contributed by atoms with van der Waals surface area (Å²) in [5.74, 6) is 0.246. The van der Waals surface area contributed by atoms with Crippen molar-refractivity contribution >= 4 is 39.1 Å². The molecule has 0 radical (unpaired) electrons. The first-order valence-electron chi connectivity index (χ1n) is 9.37. The van der Waals surface area contributed by atoms with Gasteiger partial charge in [-0.25, -0.2) is 18.7 Å². The Balaban J connectivity index is 1.45. The molecule has 11 heteroatoms. The molecular formula is C18H19F2N7OS. The lowest BCUT2D eigenvalue weighted by Gasteiger charge is -2.46. The summed E-state index contributed by atoms with van der Waals surface area (Å²) >= 11 is 1.30. The minimum absolute atomic E-state index is 0.00428. The van der Waals surface area contributed by atoms with Crippen molar-refractivity contribution in [2.75, 3.05) is 23.3 Å². The maximum atomic E-state index is 13.2. The van der Waals surface area contributed by atoms with Gasteiger partial charge in [0, 0.05) is 43.8 Å². The highest BCUT2D eigenvalue weighted by molar-refractivity contribution is 7.17. The minimum atomic E-state index is -2.78. The number of nitrogens with zero attached hydrogens (tertiary/aromatic N) is 5. The van der Waals surface area contributed by atoms with Crippen molar-refractivity contribution in [1.29, 1.82) is 0 Å². The van der Waals surface area contributed by atoms with E-state index in [4.69, 9.17) is 4.98 Å². The first-order valence-corrected chi connectivity index (χ1v) is 10.2. The Labute approximate surface area is 168 Å². The molecule has 2 N–H and O–H groups in total. The molecule has 3 aliphatic heterocycles. The van der Waals surface area contributed by atoms with E-state index in [0.717, 1.165) is 31.7 Å². The number of amides is 1. The van der Waals surface area contributed by atoms with Gasteiger partial charge in [0.15, 0.2) is 5.69 Å². The molecule has 8 nitrogen and oxygen atoms in total. The molecule has 2 bridgehead atoms. The van der Waals surface area contributed by atoms with E-state index < -0.39 is 18.0 Å². The van der Waals surface area contributed by atoms with E-state index in [9.17, 15) is 13.6 Å². The third kappa shape index (κ3) is 3.23. The second kappa shape index (κ2) is 6.99. The van der Waals surface area contributed by atoms with E-state index in [1.807, 2.05) is 0 Å². The summed E-state index contributed by atoms with van der Waals surface area (Å²) < 4.78 is 27.6. The van der Waals surface area contributed by atoms with Crippen LogP contribution in [0, 0.1) is 0 Å². The summed E-state index contributed by atoms with van der Waals surface area (Å²) in [6.45, 7) is 1.78. The predicted molar refractivity (Wildman–Crippen MR) is 106 cm³/mol. The van der Waals surface area contributed by atoms with Crippen LogP contribution in [0.25, 0.3) is 10.3 Å². The molecule has 6 rings (SSSR count). The number of hydrogen-bond acceptors (Lipinski definition) is 7. The SMILES string of the molecule is Cn1cc(NC(=O)c2csc3ncc(N4C[C@H]5CC[C@@H]4CN5)nc23)c(C(F)F)n1. The number of carbonyl (C=O) groups excluding carboxylic acids is 1. The van der Waals surface area contributed by atoms with Gasteiger partial charge in [0.2, 0.25) is 0 Å². The van der Waals surface area contributed by atoms with Gasteiger partial charge in [-0.1, -0.05) is 0 Å². The molecule has 3 fully saturated rings. The number of thiophene rings is 1. The van der Waals surface area contributed by atoms with Gasteiger partial charge in [-0.3, -0.25) is 9.48 Å². The Morgan fingerprint density at radius 2 is 2.28 bits per heavy atom. The van der Waals surface area contributed by atoms with Crippen LogP contribution in [0.15, 0.2) is 17.8 Å². The lowest BCUT2D eigenvalue weighted by molar-refractivity contribution is 0.102. The van der Waals surface area contributed by atoms with Crippen LogP contribution >= 0.6 is 11.3 Å². The number of anilines is 2. The fraction of sp³-hybridized carbons (Fsp3) is 0.444. The van der Waals surface area contributed by atoms with Gasteiger partial charge < -0.3 is 15.5 Å². The predicted octanol–water partition coefficient (Wildman–Crippen LogP) is 2.56. The third-order valence-electron chi connectivity index (χ3n) is 5.47. The Kier molecular flexibility index (Phi) is 4.43. The van der Waals surface area contributed by atoms with Crippen LogP contribution in [0.2, 0.25) is 0 Å². The van der Waals surface area contributed by atoms with E-state index in [1.54, 1.807) is 11.6 Å². The fourth-order valence-corrected chi connectivity index (χ4v) is 4.87. The molecule has 2 atom stereocenters. The first-order chi connectivity index (χ1) is 14.0. The maximum absolute atomic E-state index is 13.2. The topological polar surface area (TPSA) is 88.0 Å². The molecule has 3 saturated heterocycles. The van der Waals surface area contributed by atoms with Gasteiger partial charge in [-0.05, 0) is 12.8 Å². The first kappa shape index (κ1) is 18.4. The number of nitrogens with one attached hydrogen (secondary N) is 2. The van der Waals surface area contributed by atoms with E-state index in [0.29, 0.717) is 28.0 Å². The van der Waals surface area contributed by atoms with Crippen molar-refractivity contribution in [3.8, 4) is 0 Å². The molecule has 0 spiro atoms. The monoisotopic (exact) mass is 419 g/mol. The highest BCUT2D eigenvalue weighted by Gasteiger charge is 2.34. The van der Waals surface area contributed by atoms with Crippen molar-refractivity contribution in [2.45, 2.75) is 31.4 Å². The van der Waals surface area contributed by atoms with Gasteiger partial charge in [-0.15, -0.1) is 11.3 Å². The standard InChI is InChI=1S/C18H19F2N7OS/c1-26-7-12(15(25-26)16(19)20)23-17(28)11-8-29-18-14(11)24-13(5-22-18)27-6-9-2-3-10(27)4-21-9/h5,7-10,16,21H,2-4,6H2,1H3,(H,23,28)/t9-,10-/m1/s1. The Bertz CT molecular complexity index is 1070. The number of alkyl halides is 2. The number of hydrogen-bond donors (Lipinski definition) is 2. The van der Waals surface area contributed by atoms with Gasteiger partial charge >= 0.3 is 0 Å². The summed E-state index contributed by atoms with van der Waals surface area (Å²) in [7, 11) is 1.53. The summed E-state index contributed by atoms with van der Waals surface area (Å²) in [4.78, 5) is 24.9. The molecule has 0 aromatic carbocycles. The molecule has 6 heterocycles. The summed E-state index contributed by atoms with van der Waals surface area (Å²) in [6.07, 6.45) is 2.59. The molecular weight excluding hydrogens is 400 g/mol. The number of fused-ring (bicyclic) bond motifs is 4. The number of aryl methyl sites for hydroxylation is 1. The number of rotatable bonds is 4. The van der Waals surface area contributed by atoms with Gasteiger partial charge in [0.05, 0.1) is 17.4 Å². The Hall–Kier alpha value is -2.66. The Morgan fingerprint density at radius 1 is 1.41 bits per heavy atom. The molecule has 29 heavy (non-hydrogen) atoms. The largest absolute Gasteiger partial charge is 0.349 e. The van der Waals surface area contributed by atoms with E-state index in [-0.39, 0.29) is 5.69 Å². The number of carbonyl (C=O) groups is 1. The highest BCUT2D eigenvalue weighted by atomic mass is 32.1. The third-order valence-corrected chi connectivity index (χ3v) is 6.34. The lowest BCUT2D eigenvalue weighted by Crippen LogP contribution is -2.61. The van der Waals surface area contributed by atoms with Crippen molar-refractivity contribution in [3.05, 3.63) is 29.0 Å². The molecule has 0 aliphatic carbocycles. The van der Waals surface area contributed by atoms with E-state index in [2.05, 4.69) is 25.6 Å². The average molecular weight is 419 g/mol. The smallest absolute Gasteiger partial charge is 0.284 e. The number of piperidine rings is 2. The normalized spacial score (nSPS) is 21.3. The van der Waals surface area contributed by atoms with Crippen LogP contribution in [0.5, 0.6) is 0 Å². The van der Waals surface area contributed by atoms with Gasteiger partial charge in [0.25, 0.3) is 12.3 Å². The van der Waals surface area contributed by atoms with Gasteiger partial charge in [-0.2, -0.15) is 5.10 Å². The average Bonchev–Trinajstić information content (AvgIpc) is 3.31. The zero-order chi connectivity index (χ0) is 20.1. The van der Waals surface area contributed by atoms with Crippen molar-refractivity contribution in [2.24, 2.45) is 7.05 Å². The van der Waals surface area contributed by atoms with Crippen molar-refractivity contribution in [3.63, 3.8) is 0 Å². The molecule has 3 aliphatic rings. The zero-order valence-electron chi connectivity index (χ0n) is 15.6. The maximum Gasteiger partial charge on any atom is 0.284 e. The van der Waals surface area contributed by atoms with Crippen LogP contribution in [0.1, 0.15) is 35.3 Å². The van der Waals surface area contributed by atoms with Crippen LogP contribution in [0.4, 0.5) is 20.3 Å². The summed E-state index contributed by atoms with van der Waals surface area (Å²) in [5.41, 5.74) is 0.352. The molecule has 0 saturated carbocycles. The number of halogens is 2. The van der Waals surface area contributed by atoms with Crippen LogP contribution in [-0.4, -0.2) is 50.8 Å². The van der Waals surface area contributed by atoms with E-state index >= 15 is 0 Å². The summed E-state index contributed by atoms with van der Waals surface area (Å²) in [6, 6.07) is 0.813. The molecule has 3 aromatic rings. The lowest BCUT2D eigenvalue weighted by atomic mass is 9.93. The van der Waals surface area contributed by atoms with Crippen LogP contribution < -0.4 is 15.5 Å². The van der Waals surface area contributed by atoms with Crippen molar-refractivity contribution in [1.82, 2.24) is 25.1 Å². The summed E-state index contributed by atoms with van der Waals surface area (Å²) in [5, 5.41) is 11.4. The second-order valence-corrected chi connectivity index (χ2v) is 8.23. The van der Waals surface area contributed by atoms with Crippen LogP contribution in [-0.2, 0) is 7.05 Å². The minimum Gasteiger partial charge on any atom is -0.349 e. The highest BCUT2D eigenvalue weighted by Crippen LogP contribution is 2.31. The van der Waals surface area contributed by atoms with Crippen LogP contribution in [0.3, 0.4) is 0 Å². The zero-order valence-corrected chi connectivity index (χ0v) is 16.4. The Morgan fingerprint density at radius 3 is 2.97 bits per heavy atom. The quantitative estimate of drug-likeness (QED) is 0.676. The molecule has 0 unspecified atom stereocenters. The second-order valence-electron chi connectivity index (χ2n) is 7.38. The van der Waals surface area contributed by atoms with E-state index in [1.165, 1.54) is 29.3 Å². The fourth-order valence-electron chi connectivity index (χ4n) is 4.04. The molecule has 3 aromatic heterocycles. The van der Waals surface area contributed by atoms with Gasteiger partial charge in [0.1, 0.15) is 16.2 Å². The number of piperazine rings is 1.